The maximum atomic E-state index is 10.4. The van der Waals surface area contributed by atoms with Crippen LogP contribution in [0.2, 0.25) is 0 Å². The number of methoxy groups -OCH3 is 1. The molecule has 0 aromatic carbocycles. The van der Waals surface area contributed by atoms with Gasteiger partial charge in [0, 0.05) is 7.11 Å². The second kappa shape index (κ2) is 5.05. The van der Waals surface area contributed by atoms with E-state index in [9.17, 15) is 5.11 Å². The van der Waals surface area contributed by atoms with Crippen LogP contribution in [-0.4, -0.2) is 23.9 Å². The highest BCUT2D eigenvalue weighted by atomic mass is 16.5. The molecule has 0 aliphatic heterocycles. The fraction of sp³-hybridized carbons (Fsp3) is 1.00. The van der Waals surface area contributed by atoms with Crippen molar-refractivity contribution in [3.63, 3.8) is 0 Å². The second-order valence-corrected chi connectivity index (χ2v) is 6.26. The standard InChI is InChI=1S/C14H28O2/c1-6-11(2)12(15)14(16-5)9-7-13(3,4)8-10-14/h11-12,15H,6-10H2,1-5H3. The van der Waals surface area contributed by atoms with Gasteiger partial charge >= 0.3 is 0 Å². The minimum Gasteiger partial charge on any atom is -0.390 e. The van der Waals surface area contributed by atoms with Gasteiger partial charge in [-0.05, 0) is 37.0 Å². The van der Waals surface area contributed by atoms with Gasteiger partial charge in [-0.1, -0.05) is 34.1 Å². The minimum atomic E-state index is -0.321. The number of aliphatic hydroxyl groups is 1. The van der Waals surface area contributed by atoms with Gasteiger partial charge in [0.2, 0.25) is 0 Å². The van der Waals surface area contributed by atoms with E-state index in [1.54, 1.807) is 7.11 Å². The molecule has 96 valence electrons. The van der Waals surface area contributed by atoms with Crippen molar-refractivity contribution in [2.75, 3.05) is 7.11 Å². The van der Waals surface area contributed by atoms with E-state index in [1.807, 2.05) is 0 Å². The first-order chi connectivity index (χ1) is 7.37. The van der Waals surface area contributed by atoms with Crippen LogP contribution in [0, 0.1) is 11.3 Å². The van der Waals surface area contributed by atoms with Crippen LogP contribution in [0.25, 0.3) is 0 Å². The lowest BCUT2D eigenvalue weighted by Crippen LogP contribution is -2.50. The third-order valence-corrected chi connectivity index (χ3v) is 4.58. The number of ether oxygens (including phenoxy) is 1. The maximum absolute atomic E-state index is 10.4. The summed E-state index contributed by atoms with van der Waals surface area (Å²) in [5, 5.41) is 10.4. The van der Waals surface area contributed by atoms with Gasteiger partial charge in [0.1, 0.15) is 0 Å². The monoisotopic (exact) mass is 228 g/mol. The van der Waals surface area contributed by atoms with Gasteiger partial charge in [0.25, 0.3) is 0 Å². The quantitative estimate of drug-likeness (QED) is 0.799. The molecule has 0 spiro atoms. The Labute approximate surface area is 100 Å². The zero-order valence-corrected chi connectivity index (χ0v) is 11.5. The van der Waals surface area contributed by atoms with Crippen LogP contribution in [0.5, 0.6) is 0 Å². The van der Waals surface area contributed by atoms with Crippen molar-refractivity contribution in [2.24, 2.45) is 11.3 Å². The highest BCUT2D eigenvalue weighted by molar-refractivity contribution is 4.96. The smallest absolute Gasteiger partial charge is 0.0939 e. The van der Waals surface area contributed by atoms with Crippen molar-refractivity contribution >= 4 is 0 Å². The summed E-state index contributed by atoms with van der Waals surface area (Å²) in [7, 11) is 1.75. The van der Waals surface area contributed by atoms with Crippen molar-refractivity contribution in [3.05, 3.63) is 0 Å². The first-order valence-corrected chi connectivity index (χ1v) is 6.60. The summed E-state index contributed by atoms with van der Waals surface area (Å²) in [5.74, 6) is 0.321. The molecule has 1 fully saturated rings. The number of hydrogen-bond donors (Lipinski definition) is 1. The Bertz CT molecular complexity index is 213. The number of aliphatic hydroxyl groups excluding tert-OH is 1. The Morgan fingerprint density at radius 2 is 1.69 bits per heavy atom. The van der Waals surface area contributed by atoms with Crippen molar-refractivity contribution in [3.8, 4) is 0 Å². The molecule has 1 saturated carbocycles. The Morgan fingerprint density at radius 3 is 2.06 bits per heavy atom. The van der Waals surface area contributed by atoms with Crippen molar-refractivity contribution in [1.29, 1.82) is 0 Å². The molecule has 1 N–H and O–H groups in total. The zero-order chi connectivity index (χ0) is 12.4. The van der Waals surface area contributed by atoms with E-state index in [2.05, 4.69) is 27.7 Å². The topological polar surface area (TPSA) is 29.5 Å². The summed E-state index contributed by atoms with van der Waals surface area (Å²) in [4.78, 5) is 0. The highest BCUT2D eigenvalue weighted by Gasteiger charge is 2.45. The van der Waals surface area contributed by atoms with Gasteiger partial charge in [0.05, 0.1) is 11.7 Å². The molecule has 2 nitrogen and oxygen atoms in total. The van der Waals surface area contributed by atoms with Gasteiger partial charge in [-0.15, -0.1) is 0 Å². The second-order valence-electron chi connectivity index (χ2n) is 6.26. The molecule has 2 heteroatoms. The number of rotatable bonds is 4. The molecule has 16 heavy (non-hydrogen) atoms. The van der Waals surface area contributed by atoms with Gasteiger partial charge in [-0.25, -0.2) is 0 Å². The molecule has 1 rings (SSSR count). The van der Waals surface area contributed by atoms with Gasteiger partial charge in [-0.2, -0.15) is 0 Å². The van der Waals surface area contributed by atoms with Crippen LogP contribution in [-0.2, 0) is 4.74 Å². The van der Waals surface area contributed by atoms with Crippen LogP contribution >= 0.6 is 0 Å². The molecule has 0 aromatic rings. The van der Waals surface area contributed by atoms with Crippen LogP contribution in [0.3, 0.4) is 0 Å². The average molecular weight is 228 g/mol. The summed E-state index contributed by atoms with van der Waals surface area (Å²) in [6, 6.07) is 0. The molecule has 0 saturated heterocycles. The first-order valence-electron chi connectivity index (χ1n) is 6.60. The Balaban J connectivity index is 2.73. The normalized spacial score (nSPS) is 27.4. The van der Waals surface area contributed by atoms with Crippen LogP contribution in [0.4, 0.5) is 0 Å². The lowest BCUT2D eigenvalue weighted by molar-refractivity contribution is -0.151. The molecule has 2 unspecified atom stereocenters. The summed E-state index contributed by atoms with van der Waals surface area (Å²) in [5.41, 5.74) is 0.127. The van der Waals surface area contributed by atoms with Gasteiger partial charge in [0.15, 0.2) is 0 Å². The van der Waals surface area contributed by atoms with Crippen molar-refractivity contribution < 1.29 is 9.84 Å². The summed E-state index contributed by atoms with van der Waals surface area (Å²) < 4.78 is 5.71. The Kier molecular flexibility index (Phi) is 4.42. The molecule has 0 amide bonds. The van der Waals surface area contributed by atoms with E-state index in [0.717, 1.165) is 32.1 Å². The fourth-order valence-corrected chi connectivity index (χ4v) is 2.71. The lowest BCUT2D eigenvalue weighted by Gasteiger charge is -2.46. The largest absolute Gasteiger partial charge is 0.390 e. The maximum Gasteiger partial charge on any atom is 0.0939 e. The molecule has 0 bridgehead atoms. The van der Waals surface area contributed by atoms with E-state index < -0.39 is 0 Å². The lowest BCUT2D eigenvalue weighted by atomic mass is 9.67. The SMILES string of the molecule is CCC(C)C(O)C1(OC)CCC(C)(C)CC1. The molecular formula is C14H28O2. The average Bonchev–Trinajstić information content (AvgIpc) is 2.28. The molecule has 0 radical (unpaired) electrons. The first kappa shape index (κ1) is 14.0. The molecule has 0 aromatic heterocycles. The van der Waals surface area contributed by atoms with E-state index in [-0.39, 0.29) is 11.7 Å². The third kappa shape index (κ3) is 2.78. The van der Waals surface area contributed by atoms with Crippen molar-refractivity contribution in [1.82, 2.24) is 0 Å². The van der Waals surface area contributed by atoms with Crippen LogP contribution in [0.1, 0.15) is 59.8 Å². The highest BCUT2D eigenvalue weighted by Crippen LogP contribution is 2.44. The van der Waals surface area contributed by atoms with E-state index in [4.69, 9.17) is 4.74 Å². The van der Waals surface area contributed by atoms with Crippen molar-refractivity contribution in [2.45, 2.75) is 71.5 Å². The van der Waals surface area contributed by atoms with Gasteiger partial charge < -0.3 is 9.84 Å². The minimum absolute atomic E-state index is 0.287. The van der Waals surface area contributed by atoms with E-state index in [1.165, 1.54) is 0 Å². The molecule has 0 heterocycles. The van der Waals surface area contributed by atoms with E-state index >= 15 is 0 Å². The third-order valence-electron chi connectivity index (χ3n) is 4.58. The summed E-state index contributed by atoms with van der Waals surface area (Å²) in [6.07, 6.45) is 4.96. The molecule has 1 aliphatic carbocycles. The fourth-order valence-electron chi connectivity index (χ4n) is 2.71. The summed E-state index contributed by atoms with van der Waals surface area (Å²) >= 11 is 0. The van der Waals surface area contributed by atoms with Crippen LogP contribution < -0.4 is 0 Å². The Hall–Kier alpha value is -0.0800. The molecule has 2 atom stereocenters. The molecular weight excluding hydrogens is 200 g/mol. The number of hydrogen-bond acceptors (Lipinski definition) is 2. The summed E-state index contributed by atoms with van der Waals surface area (Å²) in [6.45, 7) is 8.86. The molecule has 1 aliphatic rings. The van der Waals surface area contributed by atoms with Crippen LogP contribution in [0.15, 0.2) is 0 Å². The zero-order valence-electron chi connectivity index (χ0n) is 11.5. The predicted octanol–water partition coefficient (Wildman–Crippen LogP) is 3.38. The van der Waals surface area contributed by atoms with E-state index in [0.29, 0.717) is 11.3 Å². The van der Waals surface area contributed by atoms with Gasteiger partial charge in [-0.3, -0.25) is 0 Å². The Morgan fingerprint density at radius 1 is 1.19 bits per heavy atom. The predicted molar refractivity (Wildman–Crippen MR) is 67.5 cm³/mol.